The van der Waals surface area contributed by atoms with E-state index in [0.717, 1.165) is 11.4 Å². The van der Waals surface area contributed by atoms with Gasteiger partial charge in [-0.2, -0.15) is 0 Å². The molecule has 0 radical (unpaired) electrons. The van der Waals surface area contributed by atoms with Crippen molar-refractivity contribution in [3.8, 4) is 16.8 Å². The van der Waals surface area contributed by atoms with Crippen LogP contribution in [-0.2, 0) is 0 Å². The molecule has 0 aliphatic heterocycles. The van der Waals surface area contributed by atoms with Crippen molar-refractivity contribution in [3.63, 3.8) is 0 Å². The lowest BCUT2D eigenvalue weighted by atomic mass is 10.0. The summed E-state index contributed by atoms with van der Waals surface area (Å²) in [5, 5.41) is 6.07. The van der Waals surface area contributed by atoms with Gasteiger partial charge in [0.2, 0.25) is 0 Å². The van der Waals surface area contributed by atoms with Crippen LogP contribution in [0.15, 0.2) is 127 Å². The average molecular weight is 411 g/mol. The van der Waals surface area contributed by atoms with Crippen molar-refractivity contribution in [1.29, 1.82) is 0 Å². The van der Waals surface area contributed by atoms with Crippen molar-refractivity contribution in [1.82, 2.24) is 4.57 Å². The maximum Gasteiger partial charge on any atom is 0.0541 e. The first-order valence-corrected chi connectivity index (χ1v) is 10.9. The molecule has 0 aliphatic rings. The second kappa shape index (κ2) is 7.75. The van der Waals surface area contributed by atoms with Gasteiger partial charge in [0.15, 0.2) is 0 Å². The van der Waals surface area contributed by atoms with Gasteiger partial charge in [0.05, 0.1) is 16.7 Å². The number of benzene rings is 5. The van der Waals surface area contributed by atoms with Gasteiger partial charge in [-0.1, -0.05) is 84.9 Å². The van der Waals surface area contributed by atoms with E-state index in [-0.39, 0.29) is 0 Å². The second-order valence-corrected chi connectivity index (χ2v) is 7.96. The Balaban J connectivity index is 1.54. The summed E-state index contributed by atoms with van der Waals surface area (Å²) in [5.74, 6) is 0. The lowest BCUT2D eigenvalue weighted by molar-refractivity contribution is 1.18. The third-order valence-corrected chi connectivity index (χ3v) is 5.96. The summed E-state index contributed by atoms with van der Waals surface area (Å²) < 4.78 is 2.39. The number of rotatable bonds is 4. The molecule has 0 spiro atoms. The van der Waals surface area contributed by atoms with Crippen LogP contribution in [-0.4, -0.2) is 4.57 Å². The minimum atomic E-state index is 1.07. The standard InChI is InChI=1S/C30H22N2/c1-2-12-23(13-3-1)31-24-14-10-11-22(21-24)25-15-4-7-18-28(25)32-29-19-8-5-16-26(29)27-17-6-9-20-30(27)32/h1-21,31H. The van der Waals surface area contributed by atoms with Crippen LogP contribution in [0.4, 0.5) is 11.4 Å². The van der Waals surface area contributed by atoms with Crippen molar-refractivity contribution in [2.75, 3.05) is 5.32 Å². The second-order valence-electron chi connectivity index (χ2n) is 7.96. The van der Waals surface area contributed by atoms with E-state index in [1.807, 2.05) is 18.2 Å². The molecule has 6 rings (SSSR count). The first-order chi connectivity index (χ1) is 15.9. The molecule has 0 aliphatic carbocycles. The molecule has 1 heterocycles. The van der Waals surface area contributed by atoms with Crippen LogP contribution >= 0.6 is 0 Å². The van der Waals surface area contributed by atoms with Crippen molar-refractivity contribution < 1.29 is 0 Å². The van der Waals surface area contributed by atoms with Crippen LogP contribution in [0, 0.1) is 0 Å². The molecule has 0 bridgehead atoms. The number of anilines is 2. The normalized spacial score (nSPS) is 11.1. The molecule has 152 valence electrons. The predicted octanol–water partition coefficient (Wildman–Crippen LogP) is 8.19. The molecule has 1 aromatic heterocycles. The Morgan fingerprint density at radius 3 is 1.81 bits per heavy atom. The van der Waals surface area contributed by atoms with Crippen LogP contribution in [0.2, 0.25) is 0 Å². The van der Waals surface area contributed by atoms with Gasteiger partial charge in [-0.05, 0) is 48.0 Å². The Hall–Kier alpha value is -4.30. The van der Waals surface area contributed by atoms with E-state index in [0.29, 0.717) is 0 Å². The number of para-hydroxylation sites is 4. The summed E-state index contributed by atoms with van der Waals surface area (Å²) >= 11 is 0. The zero-order valence-electron chi connectivity index (χ0n) is 17.6. The van der Waals surface area contributed by atoms with E-state index in [9.17, 15) is 0 Å². The molecule has 5 aromatic carbocycles. The first kappa shape index (κ1) is 18.5. The summed E-state index contributed by atoms with van der Waals surface area (Å²) in [6, 6.07) is 44.9. The van der Waals surface area contributed by atoms with Gasteiger partial charge < -0.3 is 9.88 Å². The van der Waals surface area contributed by atoms with Crippen molar-refractivity contribution in [2.45, 2.75) is 0 Å². The Bertz CT molecular complexity index is 1490. The molecule has 2 heteroatoms. The van der Waals surface area contributed by atoms with E-state index < -0.39 is 0 Å². The molecule has 1 N–H and O–H groups in total. The van der Waals surface area contributed by atoms with Crippen molar-refractivity contribution in [3.05, 3.63) is 127 Å². The molecule has 6 aromatic rings. The molecule has 0 saturated carbocycles. The number of hydrogen-bond acceptors (Lipinski definition) is 1. The van der Waals surface area contributed by atoms with Crippen LogP contribution < -0.4 is 5.32 Å². The third-order valence-electron chi connectivity index (χ3n) is 5.96. The highest BCUT2D eigenvalue weighted by atomic mass is 15.0. The number of nitrogens with zero attached hydrogens (tertiary/aromatic N) is 1. The van der Waals surface area contributed by atoms with Crippen LogP contribution in [0.5, 0.6) is 0 Å². The number of aromatic nitrogens is 1. The van der Waals surface area contributed by atoms with Gasteiger partial charge in [-0.15, -0.1) is 0 Å². The van der Waals surface area contributed by atoms with E-state index in [2.05, 4.69) is 119 Å². The van der Waals surface area contributed by atoms with Gasteiger partial charge in [0.25, 0.3) is 0 Å². The molecular formula is C30H22N2. The van der Waals surface area contributed by atoms with Crippen LogP contribution in [0.25, 0.3) is 38.6 Å². The fourth-order valence-electron chi connectivity index (χ4n) is 4.55. The number of hydrogen-bond donors (Lipinski definition) is 1. The SMILES string of the molecule is c1ccc(Nc2cccc(-c3ccccc3-n3c4ccccc4c4ccccc43)c2)cc1. The van der Waals surface area contributed by atoms with Crippen molar-refractivity contribution >= 4 is 33.2 Å². The molecule has 0 amide bonds. The Labute approximate surface area is 187 Å². The van der Waals surface area contributed by atoms with Crippen LogP contribution in [0.3, 0.4) is 0 Å². The summed E-state index contributed by atoms with van der Waals surface area (Å²) in [6.07, 6.45) is 0. The Morgan fingerprint density at radius 1 is 0.469 bits per heavy atom. The lowest BCUT2D eigenvalue weighted by Gasteiger charge is -2.15. The molecule has 0 atom stereocenters. The van der Waals surface area contributed by atoms with E-state index in [4.69, 9.17) is 0 Å². The van der Waals surface area contributed by atoms with Gasteiger partial charge in [0, 0.05) is 27.7 Å². The van der Waals surface area contributed by atoms with Gasteiger partial charge >= 0.3 is 0 Å². The molecule has 0 unspecified atom stereocenters. The summed E-state index contributed by atoms with van der Waals surface area (Å²) in [6.45, 7) is 0. The lowest BCUT2D eigenvalue weighted by Crippen LogP contribution is -1.97. The number of fused-ring (bicyclic) bond motifs is 3. The molecule has 2 nitrogen and oxygen atoms in total. The monoisotopic (exact) mass is 410 g/mol. The predicted molar refractivity (Wildman–Crippen MR) is 136 cm³/mol. The largest absolute Gasteiger partial charge is 0.356 e. The summed E-state index contributed by atoms with van der Waals surface area (Å²) in [4.78, 5) is 0. The van der Waals surface area contributed by atoms with E-state index >= 15 is 0 Å². The zero-order valence-corrected chi connectivity index (χ0v) is 17.6. The van der Waals surface area contributed by atoms with E-state index in [1.54, 1.807) is 0 Å². The quantitative estimate of drug-likeness (QED) is 0.310. The minimum absolute atomic E-state index is 1.07. The Kier molecular flexibility index (Phi) is 4.47. The fraction of sp³-hybridized carbons (Fsp3) is 0. The molecule has 32 heavy (non-hydrogen) atoms. The third kappa shape index (κ3) is 3.14. The average Bonchev–Trinajstić information content (AvgIpc) is 3.19. The smallest absolute Gasteiger partial charge is 0.0541 e. The molecular weight excluding hydrogens is 388 g/mol. The van der Waals surface area contributed by atoms with Crippen molar-refractivity contribution in [2.24, 2.45) is 0 Å². The van der Waals surface area contributed by atoms with Gasteiger partial charge in [-0.25, -0.2) is 0 Å². The van der Waals surface area contributed by atoms with Crippen LogP contribution in [0.1, 0.15) is 0 Å². The topological polar surface area (TPSA) is 17.0 Å². The summed E-state index contributed by atoms with van der Waals surface area (Å²) in [7, 11) is 0. The van der Waals surface area contributed by atoms with Gasteiger partial charge in [-0.3, -0.25) is 0 Å². The highest BCUT2D eigenvalue weighted by molar-refractivity contribution is 6.09. The molecule has 0 fully saturated rings. The highest BCUT2D eigenvalue weighted by Crippen LogP contribution is 2.36. The fourth-order valence-corrected chi connectivity index (χ4v) is 4.55. The Morgan fingerprint density at radius 2 is 1.06 bits per heavy atom. The zero-order chi connectivity index (χ0) is 21.3. The first-order valence-electron chi connectivity index (χ1n) is 10.9. The minimum Gasteiger partial charge on any atom is -0.356 e. The number of nitrogens with one attached hydrogen (secondary N) is 1. The maximum atomic E-state index is 3.52. The van der Waals surface area contributed by atoms with Gasteiger partial charge in [0.1, 0.15) is 0 Å². The molecule has 0 saturated heterocycles. The van der Waals surface area contributed by atoms with E-state index in [1.165, 1.54) is 38.6 Å². The summed E-state index contributed by atoms with van der Waals surface area (Å²) in [5.41, 5.74) is 8.17. The maximum absolute atomic E-state index is 3.52. The highest BCUT2D eigenvalue weighted by Gasteiger charge is 2.14.